The van der Waals surface area contributed by atoms with Crippen molar-refractivity contribution in [3.8, 4) is 0 Å². The largest absolute Gasteiger partial charge is 0.390 e. The molecular weight excluding hydrogens is 250 g/mol. The zero-order valence-corrected chi connectivity index (χ0v) is 10.7. The van der Waals surface area contributed by atoms with Crippen LogP contribution in [-0.2, 0) is 6.54 Å². The molecule has 0 fully saturated rings. The van der Waals surface area contributed by atoms with E-state index in [2.05, 4.69) is 10.3 Å². The van der Waals surface area contributed by atoms with Gasteiger partial charge in [0, 0.05) is 17.6 Å². The number of rotatable bonds is 5. The second kappa shape index (κ2) is 5.59. The van der Waals surface area contributed by atoms with Crippen molar-refractivity contribution >= 4 is 10.9 Å². The van der Waals surface area contributed by atoms with Crippen LogP contribution in [0.4, 0.5) is 8.78 Å². The Morgan fingerprint density at radius 3 is 2.79 bits per heavy atom. The number of nitrogens with zero attached hydrogens (tertiary/aromatic N) is 1. The van der Waals surface area contributed by atoms with Gasteiger partial charge in [0.25, 0.3) is 5.92 Å². The van der Waals surface area contributed by atoms with Crippen LogP contribution in [0, 0.1) is 6.92 Å². The van der Waals surface area contributed by atoms with Crippen molar-refractivity contribution in [2.24, 2.45) is 0 Å². The fraction of sp³-hybridized carbons (Fsp3) is 0.357. The SMILES string of the molecule is Cc1ccc2cc(CNCC(F)(F)CO)ccc2n1. The van der Waals surface area contributed by atoms with E-state index in [1.54, 1.807) is 0 Å². The third-order valence-electron chi connectivity index (χ3n) is 2.84. The summed E-state index contributed by atoms with van der Waals surface area (Å²) < 4.78 is 25.7. The first-order valence-corrected chi connectivity index (χ1v) is 6.06. The number of benzene rings is 1. The van der Waals surface area contributed by atoms with Gasteiger partial charge in [0.1, 0.15) is 6.61 Å². The molecule has 0 aliphatic heterocycles. The van der Waals surface area contributed by atoms with Gasteiger partial charge in [0.2, 0.25) is 0 Å². The molecule has 2 rings (SSSR count). The summed E-state index contributed by atoms with van der Waals surface area (Å²) in [5, 5.41) is 12.1. The van der Waals surface area contributed by atoms with E-state index in [-0.39, 0.29) is 0 Å². The van der Waals surface area contributed by atoms with Gasteiger partial charge in [-0.2, -0.15) is 0 Å². The predicted octanol–water partition coefficient (Wildman–Crippen LogP) is 2.26. The molecular formula is C14H16F2N2O. The van der Waals surface area contributed by atoms with Gasteiger partial charge in [-0.05, 0) is 30.7 Å². The van der Waals surface area contributed by atoms with E-state index in [9.17, 15) is 8.78 Å². The van der Waals surface area contributed by atoms with Gasteiger partial charge in [0.15, 0.2) is 0 Å². The lowest BCUT2D eigenvalue weighted by Crippen LogP contribution is -2.35. The third kappa shape index (κ3) is 3.68. The van der Waals surface area contributed by atoms with E-state index in [0.29, 0.717) is 6.54 Å². The molecule has 2 N–H and O–H groups in total. The number of alkyl halides is 2. The maximum absolute atomic E-state index is 12.8. The van der Waals surface area contributed by atoms with Crippen LogP contribution < -0.4 is 5.32 Å². The van der Waals surface area contributed by atoms with Crippen molar-refractivity contribution in [3.63, 3.8) is 0 Å². The van der Waals surface area contributed by atoms with Crippen LogP contribution in [0.2, 0.25) is 0 Å². The van der Waals surface area contributed by atoms with Crippen molar-refractivity contribution in [1.29, 1.82) is 0 Å². The lowest BCUT2D eigenvalue weighted by atomic mass is 10.1. The zero-order chi connectivity index (χ0) is 13.9. The number of aryl methyl sites for hydroxylation is 1. The summed E-state index contributed by atoms with van der Waals surface area (Å²) in [4.78, 5) is 4.38. The van der Waals surface area contributed by atoms with Gasteiger partial charge in [0.05, 0.1) is 12.1 Å². The molecule has 102 valence electrons. The van der Waals surface area contributed by atoms with Gasteiger partial charge in [-0.3, -0.25) is 4.98 Å². The monoisotopic (exact) mass is 266 g/mol. The van der Waals surface area contributed by atoms with E-state index in [1.165, 1.54) is 0 Å². The highest BCUT2D eigenvalue weighted by Crippen LogP contribution is 2.15. The third-order valence-corrected chi connectivity index (χ3v) is 2.84. The molecule has 1 aromatic carbocycles. The Hall–Kier alpha value is -1.59. The highest BCUT2D eigenvalue weighted by molar-refractivity contribution is 5.79. The number of aliphatic hydroxyl groups excluding tert-OH is 1. The van der Waals surface area contributed by atoms with E-state index in [4.69, 9.17) is 5.11 Å². The number of aliphatic hydroxyl groups is 1. The van der Waals surface area contributed by atoms with Crippen molar-refractivity contribution in [1.82, 2.24) is 10.3 Å². The number of halogens is 2. The minimum atomic E-state index is -3.07. The van der Waals surface area contributed by atoms with Gasteiger partial charge < -0.3 is 10.4 Å². The normalized spacial score (nSPS) is 12.0. The van der Waals surface area contributed by atoms with Crippen molar-refractivity contribution in [2.45, 2.75) is 19.4 Å². The minimum absolute atomic E-state index is 0.333. The maximum Gasteiger partial charge on any atom is 0.282 e. The Bertz CT molecular complexity index is 572. The Morgan fingerprint density at radius 2 is 2.05 bits per heavy atom. The number of nitrogens with one attached hydrogen (secondary N) is 1. The van der Waals surface area contributed by atoms with Gasteiger partial charge in [-0.1, -0.05) is 12.1 Å². The molecule has 0 amide bonds. The summed E-state index contributed by atoms with van der Waals surface area (Å²) in [5.74, 6) is -3.07. The first kappa shape index (κ1) is 13.8. The zero-order valence-electron chi connectivity index (χ0n) is 10.7. The molecule has 0 aliphatic rings. The molecule has 0 saturated carbocycles. The molecule has 0 aliphatic carbocycles. The van der Waals surface area contributed by atoms with Crippen molar-refractivity contribution < 1.29 is 13.9 Å². The number of aromatic nitrogens is 1. The second-order valence-corrected chi connectivity index (χ2v) is 4.60. The van der Waals surface area contributed by atoms with Crippen LogP contribution in [0.5, 0.6) is 0 Å². The summed E-state index contributed by atoms with van der Waals surface area (Å²) >= 11 is 0. The quantitative estimate of drug-likeness (QED) is 0.872. The fourth-order valence-electron chi connectivity index (χ4n) is 1.83. The van der Waals surface area contributed by atoms with Crippen LogP contribution >= 0.6 is 0 Å². The van der Waals surface area contributed by atoms with Crippen LogP contribution in [0.15, 0.2) is 30.3 Å². The molecule has 0 spiro atoms. The Morgan fingerprint density at radius 1 is 1.26 bits per heavy atom. The van der Waals surface area contributed by atoms with E-state index in [0.717, 1.165) is 22.2 Å². The predicted molar refractivity (Wildman–Crippen MR) is 70.2 cm³/mol. The molecule has 5 heteroatoms. The molecule has 1 aromatic heterocycles. The summed E-state index contributed by atoms with van der Waals surface area (Å²) in [5.41, 5.74) is 2.75. The molecule has 0 radical (unpaired) electrons. The number of pyridine rings is 1. The summed E-state index contributed by atoms with van der Waals surface area (Å²) in [6, 6.07) is 9.54. The first-order chi connectivity index (χ1) is 9.00. The molecule has 1 heterocycles. The van der Waals surface area contributed by atoms with Gasteiger partial charge >= 0.3 is 0 Å². The average molecular weight is 266 g/mol. The molecule has 0 atom stereocenters. The summed E-state index contributed by atoms with van der Waals surface area (Å²) in [6.45, 7) is 0.583. The molecule has 3 nitrogen and oxygen atoms in total. The van der Waals surface area contributed by atoms with Crippen molar-refractivity contribution in [3.05, 3.63) is 41.6 Å². The topological polar surface area (TPSA) is 45.1 Å². The second-order valence-electron chi connectivity index (χ2n) is 4.60. The number of fused-ring (bicyclic) bond motifs is 1. The molecule has 0 saturated heterocycles. The highest BCUT2D eigenvalue weighted by Gasteiger charge is 2.26. The summed E-state index contributed by atoms with van der Waals surface area (Å²) in [6.07, 6.45) is 0. The van der Waals surface area contributed by atoms with Crippen LogP contribution in [0.1, 0.15) is 11.3 Å². The lowest BCUT2D eigenvalue weighted by Gasteiger charge is -2.14. The van der Waals surface area contributed by atoms with Crippen LogP contribution in [0.3, 0.4) is 0 Å². The smallest absolute Gasteiger partial charge is 0.282 e. The number of hydrogen-bond donors (Lipinski definition) is 2. The molecule has 0 bridgehead atoms. The van der Waals surface area contributed by atoms with Crippen LogP contribution in [-0.4, -0.2) is 29.2 Å². The van der Waals surface area contributed by atoms with Gasteiger partial charge in [-0.15, -0.1) is 0 Å². The Balaban J connectivity index is 2.04. The summed E-state index contributed by atoms with van der Waals surface area (Å²) in [7, 11) is 0. The van der Waals surface area contributed by atoms with Gasteiger partial charge in [-0.25, -0.2) is 8.78 Å². The molecule has 19 heavy (non-hydrogen) atoms. The molecule has 0 unspecified atom stereocenters. The van der Waals surface area contributed by atoms with Crippen LogP contribution in [0.25, 0.3) is 10.9 Å². The Labute approximate surface area is 110 Å². The lowest BCUT2D eigenvalue weighted by molar-refractivity contribution is -0.0477. The fourth-order valence-corrected chi connectivity index (χ4v) is 1.83. The standard InChI is InChI=1S/C14H16F2N2O/c1-10-2-4-12-6-11(3-5-13(12)18-10)7-17-8-14(15,16)9-19/h2-6,17,19H,7-9H2,1H3. The minimum Gasteiger partial charge on any atom is -0.390 e. The number of hydrogen-bond acceptors (Lipinski definition) is 3. The Kier molecular flexibility index (Phi) is 4.07. The first-order valence-electron chi connectivity index (χ1n) is 6.06. The average Bonchev–Trinajstić information content (AvgIpc) is 2.39. The highest BCUT2D eigenvalue weighted by atomic mass is 19.3. The maximum atomic E-state index is 12.8. The van der Waals surface area contributed by atoms with E-state index < -0.39 is 19.1 Å². The van der Waals surface area contributed by atoms with E-state index in [1.807, 2.05) is 37.3 Å². The van der Waals surface area contributed by atoms with Crippen molar-refractivity contribution in [2.75, 3.05) is 13.2 Å². The molecule has 2 aromatic rings. The van der Waals surface area contributed by atoms with E-state index >= 15 is 0 Å².